The third-order valence-corrected chi connectivity index (χ3v) is 3.05. The maximum Gasteiger partial charge on any atom is 0.326 e. The van der Waals surface area contributed by atoms with Crippen LogP contribution in [-0.2, 0) is 9.59 Å². The Hall–Kier alpha value is -1.10. The maximum atomic E-state index is 11.8. The van der Waals surface area contributed by atoms with Crippen molar-refractivity contribution in [3.05, 3.63) is 0 Å². The summed E-state index contributed by atoms with van der Waals surface area (Å²) >= 11 is 0. The number of aliphatic carboxylic acids is 1. The van der Waals surface area contributed by atoms with Gasteiger partial charge in [0.25, 0.3) is 0 Å². The summed E-state index contributed by atoms with van der Waals surface area (Å²) < 4.78 is 0. The maximum absolute atomic E-state index is 11.8. The molecule has 1 rings (SSSR count). The van der Waals surface area contributed by atoms with Gasteiger partial charge in [0, 0.05) is 6.54 Å². The van der Waals surface area contributed by atoms with E-state index < -0.39 is 12.0 Å². The molecule has 1 saturated heterocycles. The zero-order valence-corrected chi connectivity index (χ0v) is 9.82. The zero-order valence-electron chi connectivity index (χ0n) is 9.82. The topological polar surface area (TPSA) is 78.4 Å². The van der Waals surface area contributed by atoms with Gasteiger partial charge in [-0.05, 0) is 18.9 Å². The predicted octanol–water partition coefficient (Wildman–Crippen LogP) is 0.211. The second kappa shape index (κ2) is 5.84. The molecule has 1 heterocycles. The van der Waals surface area contributed by atoms with Crippen LogP contribution in [0.3, 0.4) is 0 Å². The summed E-state index contributed by atoms with van der Waals surface area (Å²) in [4.78, 5) is 22.7. The Morgan fingerprint density at radius 1 is 1.50 bits per heavy atom. The quantitative estimate of drug-likeness (QED) is 0.628. The first kappa shape index (κ1) is 13.0. The van der Waals surface area contributed by atoms with Crippen molar-refractivity contribution < 1.29 is 14.7 Å². The molecule has 1 aliphatic heterocycles. The first-order chi connectivity index (χ1) is 7.56. The van der Waals surface area contributed by atoms with Crippen LogP contribution in [0, 0.1) is 11.8 Å². The number of amides is 1. The fourth-order valence-corrected chi connectivity index (χ4v) is 1.99. The average Bonchev–Trinajstić information content (AvgIpc) is 2.63. The van der Waals surface area contributed by atoms with Gasteiger partial charge in [-0.15, -0.1) is 0 Å². The summed E-state index contributed by atoms with van der Waals surface area (Å²) in [6.45, 7) is 5.37. The largest absolute Gasteiger partial charge is 0.480 e. The summed E-state index contributed by atoms with van der Waals surface area (Å²) in [7, 11) is 0. The van der Waals surface area contributed by atoms with Crippen molar-refractivity contribution in [2.24, 2.45) is 11.8 Å². The van der Waals surface area contributed by atoms with Crippen molar-refractivity contribution in [3.8, 4) is 0 Å². The Morgan fingerprint density at radius 3 is 2.62 bits per heavy atom. The number of carboxylic acids is 1. The molecule has 0 bridgehead atoms. The number of hydrogen-bond donors (Lipinski definition) is 3. The Morgan fingerprint density at radius 2 is 2.19 bits per heavy atom. The second-order valence-electron chi connectivity index (χ2n) is 4.43. The van der Waals surface area contributed by atoms with E-state index in [0.29, 0.717) is 13.0 Å². The van der Waals surface area contributed by atoms with E-state index in [9.17, 15) is 9.59 Å². The van der Waals surface area contributed by atoms with E-state index in [0.717, 1.165) is 13.0 Å². The molecule has 1 aliphatic rings. The SMILES string of the molecule is CCCC(NC(=O)[C@@H]1CNC[C@H]1C)C(=O)O. The lowest BCUT2D eigenvalue weighted by Crippen LogP contribution is -2.45. The molecular formula is C11H20N2O3. The number of hydrogen-bond acceptors (Lipinski definition) is 3. The summed E-state index contributed by atoms with van der Waals surface area (Å²) in [6, 6.07) is -0.745. The summed E-state index contributed by atoms with van der Waals surface area (Å²) in [5.74, 6) is -0.915. The van der Waals surface area contributed by atoms with Crippen LogP contribution in [0.4, 0.5) is 0 Å². The highest BCUT2D eigenvalue weighted by Gasteiger charge is 2.31. The molecule has 0 aliphatic carbocycles. The number of carbonyl (C=O) groups is 2. The molecule has 0 aromatic rings. The lowest BCUT2D eigenvalue weighted by molar-refractivity contribution is -0.142. The second-order valence-corrected chi connectivity index (χ2v) is 4.43. The molecule has 5 heteroatoms. The molecule has 0 aromatic heterocycles. The Bertz CT molecular complexity index is 268. The van der Waals surface area contributed by atoms with Gasteiger partial charge in [-0.1, -0.05) is 20.3 Å². The molecule has 0 saturated carbocycles. The van der Waals surface area contributed by atoms with Crippen molar-refractivity contribution in [3.63, 3.8) is 0 Å². The van der Waals surface area contributed by atoms with Gasteiger partial charge in [-0.3, -0.25) is 4.79 Å². The van der Waals surface area contributed by atoms with Gasteiger partial charge in [-0.2, -0.15) is 0 Å². The molecule has 3 N–H and O–H groups in total. The van der Waals surface area contributed by atoms with Crippen LogP contribution in [0.15, 0.2) is 0 Å². The van der Waals surface area contributed by atoms with Crippen LogP contribution in [-0.4, -0.2) is 36.1 Å². The van der Waals surface area contributed by atoms with Crippen LogP contribution in [0.2, 0.25) is 0 Å². The molecule has 1 fully saturated rings. The van der Waals surface area contributed by atoms with Gasteiger partial charge in [0.15, 0.2) is 0 Å². The van der Waals surface area contributed by atoms with Gasteiger partial charge in [0.2, 0.25) is 5.91 Å². The molecule has 3 atom stereocenters. The minimum absolute atomic E-state index is 0.0984. The Balaban J connectivity index is 2.50. The van der Waals surface area contributed by atoms with E-state index >= 15 is 0 Å². The molecule has 0 radical (unpaired) electrons. The lowest BCUT2D eigenvalue weighted by Gasteiger charge is -2.18. The van der Waals surface area contributed by atoms with E-state index in [4.69, 9.17) is 5.11 Å². The first-order valence-corrected chi connectivity index (χ1v) is 5.80. The van der Waals surface area contributed by atoms with Crippen LogP contribution < -0.4 is 10.6 Å². The minimum atomic E-state index is -0.950. The van der Waals surface area contributed by atoms with E-state index in [1.165, 1.54) is 0 Å². The highest BCUT2D eigenvalue weighted by Crippen LogP contribution is 2.16. The van der Waals surface area contributed by atoms with Crippen molar-refractivity contribution >= 4 is 11.9 Å². The zero-order chi connectivity index (χ0) is 12.1. The summed E-state index contributed by atoms with van der Waals surface area (Å²) in [5, 5.41) is 14.7. The number of nitrogens with one attached hydrogen (secondary N) is 2. The van der Waals surface area contributed by atoms with Crippen molar-refractivity contribution in [2.75, 3.05) is 13.1 Å². The van der Waals surface area contributed by atoms with Crippen molar-refractivity contribution in [1.29, 1.82) is 0 Å². The van der Waals surface area contributed by atoms with Gasteiger partial charge in [0.05, 0.1) is 5.92 Å². The number of carboxylic acid groups (broad SMARTS) is 1. The van der Waals surface area contributed by atoms with Crippen molar-refractivity contribution in [1.82, 2.24) is 10.6 Å². The smallest absolute Gasteiger partial charge is 0.326 e. The lowest BCUT2D eigenvalue weighted by atomic mass is 9.96. The Labute approximate surface area is 95.6 Å². The predicted molar refractivity (Wildman–Crippen MR) is 60.0 cm³/mol. The molecule has 16 heavy (non-hydrogen) atoms. The highest BCUT2D eigenvalue weighted by molar-refractivity contribution is 5.85. The van der Waals surface area contributed by atoms with E-state index in [-0.39, 0.29) is 17.7 Å². The number of rotatable bonds is 5. The van der Waals surface area contributed by atoms with Crippen LogP contribution in [0.1, 0.15) is 26.7 Å². The minimum Gasteiger partial charge on any atom is -0.480 e. The summed E-state index contributed by atoms with van der Waals surface area (Å²) in [6.07, 6.45) is 1.23. The monoisotopic (exact) mass is 228 g/mol. The summed E-state index contributed by atoms with van der Waals surface area (Å²) in [5.41, 5.74) is 0. The standard InChI is InChI=1S/C11H20N2O3/c1-3-4-9(11(15)16)13-10(14)8-6-12-5-7(8)2/h7-9,12H,3-6H2,1-2H3,(H,13,14)(H,15,16)/t7-,8-,9?/m1/s1. The fourth-order valence-electron chi connectivity index (χ4n) is 1.99. The number of carbonyl (C=O) groups excluding carboxylic acids is 1. The molecule has 0 aromatic carbocycles. The molecule has 92 valence electrons. The molecule has 5 nitrogen and oxygen atoms in total. The Kier molecular flexibility index (Phi) is 4.73. The average molecular weight is 228 g/mol. The fraction of sp³-hybridized carbons (Fsp3) is 0.818. The first-order valence-electron chi connectivity index (χ1n) is 5.80. The van der Waals surface area contributed by atoms with Crippen LogP contribution >= 0.6 is 0 Å². The van der Waals surface area contributed by atoms with E-state index in [1.807, 2.05) is 13.8 Å². The third-order valence-electron chi connectivity index (χ3n) is 3.05. The van der Waals surface area contributed by atoms with E-state index in [2.05, 4.69) is 10.6 Å². The van der Waals surface area contributed by atoms with Gasteiger partial charge < -0.3 is 15.7 Å². The van der Waals surface area contributed by atoms with E-state index in [1.54, 1.807) is 0 Å². The van der Waals surface area contributed by atoms with Gasteiger partial charge in [0.1, 0.15) is 6.04 Å². The molecule has 1 amide bonds. The van der Waals surface area contributed by atoms with Crippen molar-refractivity contribution in [2.45, 2.75) is 32.7 Å². The van der Waals surface area contributed by atoms with Gasteiger partial charge >= 0.3 is 5.97 Å². The molecule has 0 spiro atoms. The molecular weight excluding hydrogens is 208 g/mol. The van der Waals surface area contributed by atoms with Crippen LogP contribution in [0.25, 0.3) is 0 Å². The van der Waals surface area contributed by atoms with Gasteiger partial charge in [-0.25, -0.2) is 4.79 Å². The molecule has 1 unspecified atom stereocenters. The normalized spacial score (nSPS) is 26.4. The van der Waals surface area contributed by atoms with Crippen LogP contribution in [0.5, 0.6) is 0 Å². The third kappa shape index (κ3) is 3.20. The highest BCUT2D eigenvalue weighted by atomic mass is 16.4.